The summed E-state index contributed by atoms with van der Waals surface area (Å²) in [7, 11) is 0. The highest BCUT2D eigenvalue weighted by Gasteiger charge is 2.37. The number of ketones is 1. The highest BCUT2D eigenvalue weighted by Crippen LogP contribution is 2.25. The molecule has 1 unspecified atom stereocenters. The highest BCUT2D eigenvalue weighted by molar-refractivity contribution is 6.02. The van der Waals surface area contributed by atoms with Crippen LogP contribution in [0, 0.1) is 0 Å². The Morgan fingerprint density at radius 2 is 1.32 bits per heavy atom. The molecule has 4 nitrogen and oxygen atoms in total. The lowest BCUT2D eigenvalue weighted by Crippen LogP contribution is -2.43. The molecule has 0 aliphatic rings. The molecular weight excluding hydrogens is 352 g/mol. The van der Waals surface area contributed by atoms with E-state index < -0.39 is 11.9 Å². The number of hydrogen-bond acceptors (Lipinski definition) is 4. The molecule has 0 fully saturated rings. The van der Waals surface area contributed by atoms with Gasteiger partial charge in [-0.3, -0.25) is 4.79 Å². The first-order valence-electron chi connectivity index (χ1n) is 9.26. The predicted octanol–water partition coefficient (Wildman–Crippen LogP) is 3.80. The van der Waals surface area contributed by atoms with Crippen molar-refractivity contribution >= 4 is 5.78 Å². The molecule has 0 saturated carbocycles. The van der Waals surface area contributed by atoms with Crippen LogP contribution in [0.4, 0.5) is 0 Å². The van der Waals surface area contributed by atoms with Gasteiger partial charge < -0.3 is 14.9 Å². The molecule has 0 heterocycles. The quantitative estimate of drug-likeness (QED) is 0.464. The van der Waals surface area contributed by atoms with Gasteiger partial charge in [0.05, 0.1) is 0 Å². The Labute approximate surface area is 165 Å². The first-order chi connectivity index (χ1) is 13.5. The van der Waals surface area contributed by atoms with E-state index in [4.69, 9.17) is 4.74 Å². The van der Waals surface area contributed by atoms with E-state index in [2.05, 4.69) is 0 Å². The third-order valence-corrected chi connectivity index (χ3v) is 4.52. The van der Waals surface area contributed by atoms with Gasteiger partial charge in [-0.1, -0.05) is 60.7 Å². The summed E-state index contributed by atoms with van der Waals surface area (Å²) < 4.78 is 5.21. The highest BCUT2D eigenvalue weighted by atomic mass is 16.6. The van der Waals surface area contributed by atoms with Gasteiger partial charge in [0, 0.05) is 18.4 Å². The molecule has 1 atom stereocenters. The van der Waals surface area contributed by atoms with Crippen molar-refractivity contribution in [2.24, 2.45) is 0 Å². The summed E-state index contributed by atoms with van der Waals surface area (Å²) in [6.07, 6.45) is -0.504. The van der Waals surface area contributed by atoms with E-state index in [0.29, 0.717) is 11.3 Å². The van der Waals surface area contributed by atoms with Crippen molar-refractivity contribution in [3.63, 3.8) is 0 Å². The van der Waals surface area contributed by atoms with Crippen molar-refractivity contribution < 1.29 is 19.7 Å². The van der Waals surface area contributed by atoms with Crippen molar-refractivity contribution in [1.29, 1.82) is 0 Å². The number of rotatable bonds is 8. The molecule has 0 amide bonds. The third kappa shape index (κ3) is 5.06. The molecule has 28 heavy (non-hydrogen) atoms. The number of benzene rings is 3. The summed E-state index contributed by atoms with van der Waals surface area (Å²) in [5.41, 5.74) is 0.606. The number of Topliss-reactive ketones (excluding diaryl/α,β-unsaturated/α-hetero) is 1. The van der Waals surface area contributed by atoms with E-state index in [0.717, 1.165) is 11.1 Å². The standard InChI is InChI=1S/C24H24O4/c1-18(25)28-22-14-12-21(13-15-22)23(26)24(27,16-19-8-4-2-5-9-19)17-20-10-6-3-7-11-20/h2-15,18,25,27H,16-17H2,1H3. The summed E-state index contributed by atoms with van der Waals surface area (Å²) >= 11 is 0. The summed E-state index contributed by atoms with van der Waals surface area (Å²) in [5.74, 6) is 0.116. The zero-order valence-corrected chi connectivity index (χ0v) is 15.8. The number of ether oxygens (including phenoxy) is 1. The molecule has 2 N–H and O–H groups in total. The third-order valence-electron chi connectivity index (χ3n) is 4.52. The molecule has 0 aliphatic heterocycles. The Hall–Kier alpha value is -2.95. The molecule has 0 bridgehead atoms. The van der Waals surface area contributed by atoms with Crippen LogP contribution in [-0.4, -0.2) is 27.9 Å². The molecule has 3 aromatic rings. The monoisotopic (exact) mass is 376 g/mol. The van der Waals surface area contributed by atoms with Gasteiger partial charge in [-0.05, 0) is 42.3 Å². The van der Waals surface area contributed by atoms with Gasteiger partial charge in [0.25, 0.3) is 0 Å². The fourth-order valence-electron chi connectivity index (χ4n) is 3.24. The lowest BCUT2D eigenvalue weighted by atomic mass is 9.82. The minimum absolute atomic E-state index is 0.216. The van der Waals surface area contributed by atoms with Crippen LogP contribution in [0.5, 0.6) is 5.75 Å². The zero-order chi connectivity index (χ0) is 20.0. The van der Waals surface area contributed by atoms with E-state index in [9.17, 15) is 15.0 Å². The van der Waals surface area contributed by atoms with E-state index in [-0.39, 0.29) is 18.6 Å². The van der Waals surface area contributed by atoms with E-state index in [1.165, 1.54) is 6.92 Å². The van der Waals surface area contributed by atoms with Crippen LogP contribution in [0.3, 0.4) is 0 Å². The topological polar surface area (TPSA) is 66.8 Å². The second kappa shape index (κ2) is 8.83. The average molecular weight is 376 g/mol. The maximum atomic E-state index is 13.3. The number of carbonyl (C=O) groups excluding carboxylic acids is 1. The number of aliphatic hydroxyl groups excluding tert-OH is 1. The van der Waals surface area contributed by atoms with E-state index in [1.54, 1.807) is 24.3 Å². The lowest BCUT2D eigenvalue weighted by molar-refractivity contribution is -0.000319. The summed E-state index contributed by atoms with van der Waals surface area (Å²) in [4.78, 5) is 13.3. The SMILES string of the molecule is CC(O)Oc1ccc(C(=O)C(O)(Cc2ccccc2)Cc2ccccc2)cc1. The van der Waals surface area contributed by atoms with Crippen molar-refractivity contribution in [3.8, 4) is 5.75 Å². The molecule has 0 radical (unpaired) electrons. The Morgan fingerprint density at radius 3 is 1.75 bits per heavy atom. The average Bonchev–Trinajstić information content (AvgIpc) is 2.69. The van der Waals surface area contributed by atoms with Crippen molar-refractivity contribution in [1.82, 2.24) is 0 Å². The van der Waals surface area contributed by atoms with Crippen LogP contribution < -0.4 is 4.74 Å². The second-order valence-corrected chi connectivity index (χ2v) is 6.93. The Bertz CT molecular complexity index is 845. The molecule has 144 valence electrons. The Morgan fingerprint density at radius 1 is 0.857 bits per heavy atom. The molecule has 0 spiro atoms. The van der Waals surface area contributed by atoms with Gasteiger partial charge in [0.1, 0.15) is 11.4 Å². The minimum atomic E-state index is -1.57. The number of carbonyl (C=O) groups is 1. The molecule has 0 saturated heterocycles. The van der Waals surface area contributed by atoms with Gasteiger partial charge >= 0.3 is 0 Å². The molecule has 0 aromatic heterocycles. The van der Waals surface area contributed by atoms with Gasteiger partial charge in [-0.2, -0.15) is 0 Å². The second-order valence-electron chi connectivity index (χ2n) is 6.93. The van der Waals surface area contributed by atoms with Crippen molar-refractivity contribution in [3.05, 3.63) is 102 Å². The van der Waals surface area contributed by atoms with Crippen molar-refractivity contribution in [2.75, 3.05) is 0 Å². The molecule has 3 rings (SSSR count). The molecule has 4 heteroatoms. The Balaban J connectivity index is 1.89. The lowest BCUT2D eigenvalue weighted by Gasteiger charge is -2.27. The number of hydrogen-bond donors (Lipinski definition) is 2. The van der Waals surface area contributed by atoms with Gasteiger partial charge in [0.2, 0.25) is 0 Å². The first kappa shape index (κ1) is 19.8. The normalized spacial score (nSPS) is 12.4. The van der Waals surface area contributed by atoms with E-state index in [1.807, 2.05) is 60.7 Å². The van der Waals surface area contributed by atoms with Crippen molar-refractivity contribution in [2.45, 2.75) is 31.7 Å². The summed E-state index contributed by atoms with van der Waals surface area (Å²) in [6.45, 7) is 1.51. The minimum Gasteiger partial charge on any atom is -0.465 e. The molecular formula is C24H24O4. The fourth-order valence-corrected chi connectivity index (χ4v) is 3.24. The molecule has 0 aliphatic carbocycles. The smallest absolute Gasteiger partial charge is 0.195 e. The summed E-state index contributed by atoms with van der Waals surface area (Å²) in [5, 5.41) is 20.7. The summed E-state index contributed by atoms with van der Waals surface area (Å²) in [6, 6.07) is 25.5. The fraction of sp³-hybridized carbons (Fsp3) is 0.208. The van der Waals surface area contributed by atoms with Crippen LogP contribution >= 0.6 is 0 Å². The Kier molecular flexibility index (Phi) is 6.24. The first-order valence-corrected chi connectivity index (χ1v) is 9.26. The maximum Gasteiger partial charge on any atom is 0.195 e. The maximum absolute atomic E-state index is 13.3. The van der Waals surface area contributed by atoms with Crippen LogP contribution in [0.25, 0.3) is 0 Å². The zero-order valence-electron chi connectivity index (χ0n) is 15.8. The van der Waals surface area contributed by atoms with Crippen LogP contribution in [0.15, 0.2) is 84.9 Å². The number of aliphatic hydroxyl groups is 2. The van der Waals surface area contributed by atoms with Gasteiger partial charge in [-0.25, -0.2) is 0 Å². The largest absolute Gasteiger partial charge is 0.465 e. The van der Waals surface area contributed by atoms with Crippen LogP contribution in [0.2, 0.25) is 0 Å². The predicted molar refractivity (Wildman–Crippen MR) is 108 cm³/mol. The van der Waals surface area contributed by atoms with Crippen LogP contribution in [-0.2, 0) is 12.8 Å². The molecule has 3 aromatic carbocycles. The van der Waals surface area contributed by atoms with E-state index >= 15 is 0 Å². The van der Waals surface area contributed by atoms with Crippen LogP contribution in [0.1, 0.15) is 28.4 Å². The van der Waals surface area contributed by atoms with Gasteiger partial charge in [-0.15, -0.1) is 0 Å². The van der Waals surface area contributed by atoms with Gasteiger partial charge in [0.15, 0.2) is 12.1 Å².